The predicted molar refractivity (Wildman–Crippen MR) is 74.6 cm³/mol. The van der Waals surface area contributed by atoms with Gasteiger partial charge in [0.25, 0.3) is 0 Å². The number of hydrogen-bond donors (Lipinski definition) is 2. The Kier molecular flexibility index (Phi) is 3.45. The molecule has 0 spiro atoms. The van der Waals surface area contributed by atoms with Crippen LogP contribution >= 0.6 is 11.3 Å². The standard InChI is InChI=1S/C13H19NO3S2/c1-8-2-5-12(18-8)19(16,17)14-13-10-4-3-9(6-10)11(13)7-15/h2,5,9-11,13-15H,3-4,6-7H2,1H3. The van der Waals surface area contributed by atoms with Crippen molar-refractivity contribution in [3.05, 3.63) is 17.0 Å². The van der Waals surface area contributed by atoms with E-state index in [-0.39, 0.29) is 18.6 Å². The fourth-order valence-electron chi connectivity index (χ4n) is 3.65. The van der Waals surface area contributed by atoms with Crippen molar-refractivity contribution in [3.8, 4) is 0 Å². The Morgan fingerprint density at radius 1 is 1.37 bits per heavy atom. The number of nitrogens with one attached hydrogen (secondary N) is 1. The Morgan fingerprint density at radius 3 is 2.74 bits per heavy atom. The summed E-state index contributed by atoms with van der Waals surface area (Å²) in [5.41, 5.74) is 0. The van der Waals surface area contributed by atoms with Crippen molar-refractivity contribution in [2.24, 2.45) is 17.8 Å². The first kappa shape index (κ1) is 13.5. The molecule has 1 heterocycles. The number of fused-ring (bicyclic) bond motifs is 2. The van der Waals surface area contributed by atoms with Crippen LogP contribution in [-0.4, -0.2) is 26.2 Å². The van der Waals surface area contributed by atoms with Crippen LogP contribution in [0.1, 0.15) is 24.1 Å². The highest BCUT2D eigenvalue weighted by molar-refractivity contribution is 7.91. The minimum absolute atomic E-state index is 0.0812. The van der Waals surface area contributed by atoms with Crippen LogP contribution in [0.15, 0.2) is 16.3 Å². The highest BCUT2D eigenvalue weighted by atomic mass is 32.2. The molecular formula is C13H19NO3S2. The molecule has 4 atom stereocenters. The van der Waals surface area contributed by atoms with Crippen LogP contribution in [0.2, 0.25) is 0 Å². The van der Waals surface area contributed by atoms with Crippen molar-refractivity contribution in [1.82, 2.24) is 4.72 Å². The van der Waals surface area contributed by atoms with Gasteiger partial charge in [-0.1, -0.05) is 0 Å². The Morgan fingerprint density at radius 2 is 2.11 bits per heavy atom. The number of rotatable bonds is 4. The highest BCUT2D eigenvalue weighted by Gasteiger charge is 2.48. The summed E-state index contributed by atoms with van der Waals surface area (Å²) >= 11 is 1.29. The molecule has 0 aliphatic heterocycles. The molecule has 106 valence electrons. The number of sulfonamides is 1. The number of aryl methyl sites for hydroxylation is 1. The maximum atomic E-state index is 12.4. The van der Waals surface area contributed by atoms with Crippen LogP contribution < -0.4 is 4.72 Å². The molecule has 0 amide bonds. The van der Waals surface area contributed by atoms with E-state index in [1.165, 1.54) is 11.3 Å². The molecule has 1 aromatic rings. The lowest BCUT2D eigenvalue weighted by Gasteiger charge is -2.29. The zero-order valence-corrected chi connectivity index (χ0v) is 12.5. The van der Waals surface area contributed by atoms with E-state index in [0.29, 0.717) is 16.0 Å². The van der Waals surface area contributed by atoms with Crippen molar-refractivity contribution in [2.75, 3.05) is 6.61 Å². The topological polar surface area (TPSA) is 66.4 Å². The van der Waals surface area contributed by atoms with Gasteiger partial charge in [0, 0.05) is 23.4 Å². The quantitative estimate of drug-likeness (QED) is 0.890. The van der Waals surface area contributed by atoms with E-state index < -0.39 is 10.0 Å². The minimum atomic E-state index is -3.43. The van der Waals surface area contributed by atoms with E-state index in [4.69, 9.17) is 0 Å². The van der Waals surface area contributed by atoms with Crippen LogP contribution in [0.3, 0.4) is 0 Å². The third-order valence-corrected chi connectivity index (χ3v) is 7.52. The molecule has 2 bridgehead atoms. The Labute approximate surface area is 117 Å². The molecule has 2 N–H and O–H groups in total. The lowest BCUT2D eigenvalue weighted by Crippen LogP contribution is -2.44. The van der Waals surface area contributed by atoms with Gasteiger partial charge in [-0.25, -0.2) is 13.1 Å². The molecule has 6 heteroatoms. The molecule has 1 aromatic heterocycles. The number of thiophene rings is 1. The predicted octanol–water partition coefficient (Wildman–Crippen LogP) is 1.74. The van der Waals surface area contributed by atoms with Gasteiger partial charge in [-0.3, -0.25) is 0 Å². The number of aliphatic hydroxyl groups excluding tert-OH is 1. The van der Waals surface area contributed by atoms with Crippen LogP contribution in [0.4, 0.5) is 0 Å². The maximum Gasteiger partial charge on any atom is 0.250 e. The molecule has 0 aromatic carbocycles. The molecule has 4 unspecified atom stereocenters. The van der Waals surface area contributed by atoms with Gasteiger partial charge in [-0.2, -0.15) is 0 Å². The van der Waals surface area contributed by atoms with Gasteiger partial charge >= 0.3 is 0 Å². The average Bonchev–Trinajstić information content (AvgIpc) is 3.03. The lowest BCUT2D eigenvalue weighted by atomic mass is 9.86. The van der Waals surface area contributed by atoms with E-state index in [9.17, 15) is 13.5 Å². The summed E-state index contributed by atoms with van der Waals surface area (Å²) in [5.74, 6) is 0.986. The molecular weight excluding hydrogens is 282 g/mol. The third kappa shape index (κ3) is 2.35. The first-order valence-electron chi connectivity index (χ1n) is 6.71. The van der Waals surface area contributed by atoms with Gasteiger partial charge in [0.15, 0.2) is 0 Å². The van der Waals surface area contributed by atoms with Gasteiger partial charge < -0.3 is 5.11 Å². The second-order valence-electron chi connectivity index (χ2n) is 5.69. The molecule has 19 heavy (non-hydrogen) atoms. The van der Waals surface area contributed by atoms with E-state index >= 15 is 0 Å². The van der Waals surface area contributed by atoms with Gasteiger partial charge in [0.05, 0.1) is 0 Å². The molecule has 4 nitrogen and oxygen atoms in total. The normalized spacial score (nSPS) is 34.0. The second-order valence-corrected chi connectivity index (χ2v) is 8.92. The van der Waals surface area contributed by atoms with Gasteiger partial charge in [0.2, 0.25) is 10.0 Å². The largest absolute Gasteiger partial charge is 0.396 e. The Balaban J connectivity index is 1.81. The summed E-state index contributed by atoms with van der Waals surface area (Å²) in [4.78, 5) is 0.993. The monoisotopic (exact) mass is 301 g/mol. The van der Waals surface area contributed by atoms with E-state index in [2.05, 4.69) is 4.72 Å². The van der Waals surface area contributed by atoms with Gasteiger partial charge in [-0.05, 0) is 50.2 Å². The summed E-state index contributed by atoms with van der Waals surface area (Å²) in [6.45, 7) is 1.98. The number of hydrogen-bond acceptors (Lipinski definition) is 4. The van der Waals surface area contributed by atoms with Crippen LogP contribution in [0.25, 0.3) is 0 Å². The summed E-state index contributed by atoms with van der Waals surface area (Å²) in [6.07, 6.45) is 3.27. The fraction of sp³-hybridized carbons (Fsp3) is 0.692. The van der Waals surface area contributed by atoms with Crippen LogP contribution in [0, 0.1) is 24.7 Å². The summed E-state index contributed by atoms with van der Waals surface area (Å²) < 4.78 is 27.9. The van der Waals surface area contributed by atoms with E-state index in [1.807, 2.05) is 13.0 Å². The molecule has 2 aliphatic rings. The summed E-state index contributed by atoms with van der Waals surface area (Å²) in [5, 5.41) is 9.50. The maximum absolute atomic E-state index is 12.4. The summed E-state index contributed by atoms with van der Waals surface area (Å²) in [7, 11) is -3.43. The van der Waals surface area contributed by atoms with Crippen molar-refractivity contribution in [2.45, 2.75) is 36.4 Å². The summed E-state index contributed by atoms with van der Waals surface area (Å²) in [6, 6.07) is 3.39. The van der Waals surface area contributed by atoms with Gasteiger partial charge in [0.1, 0.15) is 4.21 Å². The van der Waals surface area contributed by atoms with E-state index in [0.717, 1.165) is 24.1 Å². The Hall–Kier alpha value is -0.430. The third-order valence-electron chi connectivity index (χ3n) is 4.57. The van der Waals surface area contributed by atoms with Crippen LogP contribution in [0.5, 0.6) is 0 Å². The Bertz CT molecular complexity index is 566. The molecule has 0 saturated heterocycles. The van der Waals surface area contributed by atoms with Crippen LogP contribution in [-0.2, 0) is 10.0 Å². The number of aliphatic hydroxyl groups is 1. The lowest BCUT2D eigenvalue weighted by molar-refractivity contribution is 0.153. The zero-order valence-electron chi connectivity index (χ0n) is 10.9. The van der Waals surface area contributed by atoms with Crippen molar-refractivity contribution in [3.63, 3.8) is 0 Å². The smallest absolute Gasteiger partial charge is 0.250 e. The van der Waals surface area contributed by atoms with Crippen molar-refractivity contribution < 1.29 is 13.5 Å². The minimum Gasteiger partial charge on any atom is -0.396 e. The van der Waals surface area contributed by atoms with Gasteiger partial charge in [-0.15, -0.1) is 11.3 Å². The SMILES string of the molecule is Cc1ccc(S(=O)(=O)NC2C3CCC(C3)C2CO)s1. The molecule has 2 saturated carbocycles. The zero-order chi connectivity index (χ0) is 13.6. The first-order valence-corrected chi connectivity index (χ1v) is 9.01. The molecule has 0 radical (unpaired) electrons. The highest BCUT2D eigenvalue weighted by Crippen LogP contribution is 2.48. The second kappa shape index (κ2) is 4.84. The molecule has 2 fully saturated rings. The van der Waals surface area contributed by atoms with Crippen molar-refractivity contribution in [1.29, 1.82) is 0 Å². The first-order chi connectivity index (χ1) is 9.01. The fourth-order valence-corrected chi connectivity index (χ4v) is 6.31. The molecule has 2 aliphatic carbocycles. The molecule has 3 rings (SSSR count). The van der Waals surface area contributed by atoms with E-state index in [1.54, 1.807) is 6.07 Å². The average molecular weight is 301 g/mol. The van der Waals surface area contributed by atoms with Crippen molar-refractivity contribution >= 4 is 21.4 Å².